The van der Waals surface area contributed by atoms with E-state index in [4.69, 9.17) is 16.3 Å². The van der Waals surface area contributed by atoms with Gasteiger partial charge in [-0.15, -0.1) is 0 Å². The molecule has 18 heavy (non-hydrogen) atoms. The minimum Gasteiger partial charge on any atom is -0.496 e. The van der Waals surface area contributed by atoms with E-state index in [1.54, 1.807) is 25.3 Å². The quantitative estimate of drug-likeness (QED) is 0.916. The molecule has 2 rings (SSSR count). The van der Waals surface area contributed by atoms with Gasteiger partial charge in [0.25, 0.3) is 0 Å². The molecule has 1 atom stereocenters. The molecule has 0 aliphatic heterocycles. The van der Waals surface area contributed by atoms with Crippen molar-refractivity contribution >= 4 is 27.5 Å². The van der Waals surface area contributed by atoms with Gasteiger partial charge in [0.05, 0.1) is 7.11 Å². The predicted octanol–water partition coefficient (Wildman–Crippen LogP) is 4.19. The average molecular weight is 328 g/mol. The number of ether oxygens (including phenoxy) is 1. The van der Waals surface area contributed by atoms with Gasteiger partial charge in [0.1, 0.15) is 11.9 Å². The van der Waals surface area contributed by atoms with Gasteiger partial charge in [0.15, 0.2) is 0 Å². The molecule has 0 heterocycles. The zero-order valence-electron chi connectivity index (χ0n) is 9.73. The molecule has 0 aliphatic carbocycles. The van der Waals surface area contributed by atoms with Crippen LogP contribution in [0, 0.1) is 0 Å². The molecule has 1 N–H and O–H groups in total. The Kier molecular flexibility index (Phi) is 4.27. The maximum atomic E-state index is 10.4. The molecule has 0 unspecified atom stereocenters. The molecule has 0 saturated carbocycles. The van der Waals surface area contributed by atoms with E-state index in [0.717, 1.165) is 10.0 Å². The third-order valence-corrected chi connectivity index (χ3v) is 3.38. The van der Waals surface area contributed by atoms with Crippen molar-refractivity contribution in [2.24, 2.45) is 0 Å². The van der Waals surface area contributed by atoms with Crippen molar-refractivity contribution in [3.8, 4) is 5.75 Å². The highest BCUT2D eigenvalue weighted by atomic mass is 79.9. The third-order valence-electron chi connectivity index (χ3n) is 2.65. The Morgan fingerprint density at radius 2 is 2.00 bits per heavy atom. The first-order valence-electron chi connectivity index (χ1n) is 5.39. The van der Waals surface area contributed by atoms with Crippen LogP contribution in [0.25, 0.3) is 0 Å². The lowest BCUT2D eigenvalue weighted by Crippen LogP contribution is -2.02. The van der Waals surface area contributed by atoms with E-state index in [-0.39, 0.29) is 0 Å². The summed E-state index contributed by atoms with van der Waals surface area (Å²) in [6.45, 7) is 0. The third kappa shape index (κ3) is 2.86. The van der Waals surface area contributed by atoms with Gasteiger partial charge in [-0.3, -0.25) is 0 Å². The van der Waals surface area contributed by atoms with Crippen molar-refractivity contribution < 1.29 is 9.84 Å². The fraction of sp³-hybridized carbons (Fsp3) is 0.143. The summed E-state index contributed by atoms with van der Waals surface area (Å²) in [6, 6.07) is 12.7. The van der Waals surface area contributed by atoms with E-state index in [9.17, 15) is 5.11 Å². The Bertz CT molecular complexity index is 557. The van der Waals surface area contributed by atoms with Gasteiger partial charge in [-0.25, -0.2) is 0 Å². The van der Waals surface area contributed by atoms with Crippen molar-refractivity contribution in [2.75, 3.05) is 7.11 Å². The van der Waals surface area contributed by atoms with E-state index in [2.05, 4.69) is 15.9 Å². The van der Waals surface area contributed by atoms with E-state index < -0.39 is 6.10 Å². The Morgan fingerprint density at radius 3 is 2.67 bits per heavy atom. The van der Waals surface area contributed by atoms with Crippen LogP contribution in [0.3, 0.4) is 0 Å². The molecule has 2 nitrogen and oxygen atoms in total. The monoisotopic (exact) mass is 326 g/mol. The molecular formula is C14H12BrClO2. The Balaban J connectivity index is 2.44. The summed E-state index contributed by atoms with van der Waals surface area (Å²) < 4.78 is 6.16. The highest BCUT2D eigenvalue weighted by Gasteiger charge is 2.16. The number of hydrogen-bond donors (Lipinski definition) is 1. The molecule has 0 spiro atoms. The minimum absolute atomic E-state index is 0.569. The summed E-state index contributed by atoms with van der Waals surface area (Å²) in [5.74, 6) is 0.617. The highest BCUT2D eigenvalue weighted by molar-refractivity contribution is 9.10. The molecule has 0 aromatic heterocycles. The first kappa shape index (κ1) is 13.4. The normalized spacial score (nSPS) is 12.2. The van der Waals surface area contributed by atoms with Crippen LogP contribution in [0.15, 0.2) is 46.9 Å². The van der Waals surface area contributed by atoms with Gasteiger partial charge in [0, 0.05) is 15.1 Å². The summed E-state index contributed by atoms with van der Waals surface area (Å²) in [5.41, 5.74) is 1.44. The number of aliphatic hydroxyl groups excluding tert-OH is 1. The molecule has 0 aliphatic rings. The summed E-state index contributed by atoms with van der Waals surface area (Å²) in [5, 5.41) is 11.0. The number of benzene rings is 2. The number of hydrogen-bond acceptors (Lipinski definition) is 2. The van der Waals surface area contributed by atoms with Gasteiger partial charge in [0.2, 0.25) is 0 Å². The summed E-state index contributed by atoms with van der Waals surface area (Å²) in [7, 11) is 1.57. The molecule has 0 radical (unpaired) electrons. The van der Waals surface area contributed by atoms with E-state index >= 15 is 0 Å². The van der Waals surface area contributed by atoms with Crippen LogP contribution < -0.4 is 4.74 Å². The average Bonchev–Trinajstić information content (AvgIpc) is 2.38. The van der Waals surface area contributed by atoms with Crippen LogP contribution in [-0.4, -0.2) is 12.2 Å². The van der Waals surface area contributed by atoms with Crippen LogP contribution in [0.4, 0.5) is 0 Å². The Labute approximate surface area is 119 Å². The maximum absolute atomic E-state index is 10.4. The van der Waals surface area contributed by atoms with Crippen molar-refractivity contribution in [2.45, 2.75) is 6.10 Å². The van der Waals surface area contributed by atoms with Gasteiger partial charge in [-0.05, 0) is 35.9 Å². The maximum Gasteiger partial charge on any atom is 0.125 e. The highest BCUT2D eigenvalue weighted by Crippen LogP contribution is 2.32. The smallest absolute Gasteiger partial charge is 0.125 e. The predicted molar refractivity (Wildman–Crippen MR) is 76.2 cm³/mol. The molecule has 0 amide bonds. The second kappa shape index (κ2) is 5.74. The number of halogens is 2. The van der Waals surface area contributed by atoms with Crippen LogP contribution in [0.1, 0.15) is 17.2 Å². The summed E-state index contributed by atoms with van der Waals surface area (Å²) in [6.07, 6.45) is -0.767. The van der Waals surface area contributed by atoms with Crippen molar-refractivity contribution in [1.29, 1.82) is 0 Å². The molecule has 4 heteroatoms. The van der Waals surface area contributed by atoms with Gasteiger partial charge >= 0.3 is 0 Å². The van der Waals surface area contributed by atoms with Crippen LogP contribution >= 0.6 is 27.5 Å². The minimum atomic E-state index is -0.767. The molecule has 2 aromatic rings. The fourth-order valence-corrected chi connectivity index (χ4v) is 2.37. The molecule has 0 fully saturated rings. The van der Waals surface area contributed by atoms with E-state index in [1.807, 2.05) is 24.3 Å². The largest absolute Gasteiger partial charge is 0.496 e. The fourth-order valence-electron chi connectivity index (χ4n) is 1.78. The lowest BCUT2D eigenvalue weighted by Gasteiger charge is -2.15. The van der Waals surface area contributed by atoms with E-state index in [1.165, 1.54) is 0 Å². The zero-order valence-corrected chi connectivity index (χ0v) is 12.1. The molecule has 94 valence electrons. The second-order valence-electron chi connectivity index (χ2n) is 3.84. The molecular weight excluding hydrogens is 316 g/mol. The van der Waals surface area contributed by atoms with Crippen molar-refractivity contribution in [1.82, 2.24) is 0 Å². The SMILES string of the molecule is COc1ccc(Cl)cc1[C@@H](O)c1cccc(Br)c1. The van der Waals surface area contributed by atoms with Crippen LogP contribution in [0.2, 0.25) is 5.02 Å². The molecule has 0 bridgehead atoms. The van der Waals surface area contributed by atoms with Gasteiger partial charge in [-0.2, -0.15) is 0 Å². The van der Waals surface area contributed by atoms with Crippen LogP contribution in [-0.2, 0) is 0 Å². The first-order valence-corrected chi connectivity index (χ1v) is 6.56. The van der Waals surface area contributed by atoms with Gasteiger partial charge in [-0.1, -0.05) is 39.7 Å². The van der Waals surface area contributed by atoms with Crippen LogP contribution in [0.5, 0.6) is 5.75 Å². The lowest BCUT2D eigenvalue weighted by atomic mass is 10.0. The van der Waals surface area contributed by atoms with Crippen molar-refractivity contribution in [3.63, 3.8) is 0 Å². The van der Waals surface area contributed by atoms with Crippen molar-refractivity contribution in [3.05, 3.63) is 63.1 Å². The molecule has 2 aromatic carbocycles. The van der Waals surface area contributed by atoms with E-state index in [0.29, 0.717) is 16.3 Å². The zero-order chi connectivity index (χ0) is 13.1. The Morgan fingerprint density at radius 1 is 1.22 bits per heavy atom. The summed E-state index contributed by atoms with van der Waals surface area (Å²) >= 11 is 9.35. The molecule has 0 saturated heterocycles. The number of rotatable bonds is 3. The Hall–Kier alpha value is -1.03. The standard InChI is InChI=1S/C14H12BrClO2/c1-18-13-6-5-11(16)8-12(13)14(17)9-3-2-4-10(15)7-9/h2-8,14,17H,1H3/t14-/m0/s1. The van der Waals surface area contributed by atoms with Gasteiger partial charge < -0.3 is 9.84 Å². The topological polar surface area (TPSA) is 29.5 Å². The lowest BCUT2D eigenvalue weighted by molar-refractivity contribution is 0.214. The summed E-state index contributed by atoms with van der Waals surface area (Å²) in [4.78, 5) is 0. The first-order chi connectivity index (χ1) is 8.61. The number of methoxy groups -OCH3 is 1. The second-order valence-corrected chi connectivity index (χ2v) is 5.20. The number of aliphatic hydroxyl groups is 1.